The van der Waals surface area contributed by atoms with Crippen LogP contribution in [-0.2, 0) is 0 Å². The summed E-state index contributed by atoms with van der Waals surface area (Å²) < 4.78 is 0. The SMILES string of the molecule is [O-]c1ccc2ccccc2c1-c1c(O)ccc2ccccc12. The summed E-state index contributed by atoms with van der Waals surface area (Å²) in [5.74, 6) is 0.0532. The van der Waals surface area contributed by atoms with Gasteiger partial charge < -0.3 is 10.2 Å². The molecular weight excluding hydrogens is 272 g/mol. The van der Waals surface area contributed by atoms with Gasteiger partial charge in [-0.05, 0) is 33.2 Å². The molecule has 0 fully saturated rings. The maximum absolute atomic E-state index is 12.5. The van der Waals surface area contributed by atoms with Gasteiger partial charge in [-0.25, -0.2) is 0 Å². The standard InChI is InChI=1S/C20H14O2/c21-17-11-9-13-5-1-3-7-15(13)19(17)20-16-8-4-2-6-14(16)10-12-18(20)22/h1-12,21-22H/p-1. The zero-order valence-corrected chi connectivity index (χ0v) is 11.8. The summed E-state index contributed by atoms with van der Waals surface area (Å²) in [5.41, 5.74) is 1.17. The van der Waals surface area contributed by atoms with Gasteiger partial charge >= 0.3 is 0 Å². The van der Waals surface area contributed by atoms with Crippen molar-refractivity contribution in [3.8, 4) is 22.6 Å². The lowest BCUT2D eigenvalue weighted by Crippen LogP contribution is -1.95. The molecule has 0 radical (unpaired) electrons. The van der Waals surface area contributed by atoms with Crippen LogP contribution in [0.3, 0.4) is 0 Å². The van der Waals surface area contributed by atoms with Gasteiger partial charge in [0.15, 0.2) is 0 Å². The fourth-order valence-electron chi connectivity index (χ4n) is 3.03. The van der Waals surface area contributed by atoms with Crippen molar-refractivity contribution in [1.82, 2.24) is 0 Å². The van der Waals surface area contributed by atoms with Gasteiger partial charge in [0.05, 0.1) is 0 Å². The van der Waals surface area contributed by atoms with E-state index in [9.17, 15) is 10.2 Å². The molecule has 0 saturated carbocycles. The third kappa shape index (κ3) is 1.81. The monoisotopic (exact) mass is 285 g/mol. The summed E-state index contributed by atoms with van der Waals surface area (Å²) >= 11 is 0. The van der Waals surface area contributed by atoms with E-state index in [1.165, 1.54) is 0 Å². The minimum Gasteiger partial charge on any atom is -0.872 e. The first-order chi connectivity index (χ1) is 10.8. The first-order valence-electron chi connectivity index (χ1n) is 7.15. The van der Waals surface area contributed by atoms with Crippen LogP contribution in [0, 0.1) is 0 Å². The largest absolute Gasteiger partial charge is 0.872 e. The van der Waals surface area contributed by atoms with E-state index < -0.39 is 0 Å². The Morgan fingerprint density at radius 3 is 1.82 bits per heavy atom. The summed E-state index contributed by atoms with van der Waals surface area (Å²) in [6, 6.07) is 22.4. The van der Waals surface area contributed by atoms with E-state index in [1.54, 1.807) is 12.1 Å². The summed E-state index contributed by atoms with van der Waals surface area (Å²) in [5, 5.41) is 26.7. The minimum atomic E-state index is -0.0784. The number of hydrogen-bond acceptors (Lipinski definition) is 2. The number of benzene rings is 4. The van der Waals surface area contributed by atoms with Crippen molar-refractivity contribution in [2.45, 2.75) is 0 Å². The van der Waals surface area contributed by atoms with Gasteiger partial charge in [0, 0.05) is 5.56 Å². The van der Waals surface area contributed by atoms with E-state index in [0.717, 1.165) is 21.5 Å². The molecule has 4 aromatic carbocycles. The summed E-state index contributed by atoms with van der Waals surface area (Å²) in [6.07, 6.45) is 0. The normalized spacial score (nSPS) is 11.1. The highest BCUT2D eigenvalue weighted by molar-refractivity contribution is 6.09. The van der Waals surface area contributed by atoms with Gasteiger partial charge in [-0.2, -0.15) is 0 Å². The molecule has 4 rings (SSSR count). The summed E-state index contributed by atoms with van der Waals surface area (Å²) in [6.45, 7) is 0. The van der Waals surface area contributed by atoms with Crippen LogP contribution in [0.5, 0.6) is 11.5 Å². The predicted molar refractivity (Wildman–Crippen MR) is 88.0 cm³/mol. The molecule has 0 atom stereocenters. The molecule has 0 aliphatic heterocycles. The van der Waals surface area contributed by atoms with Crippen LogP contribution in [-0.4, -0.2) is 5.11 Å². The second kappa shape index (κ2) is 4.78. The molecule has 0 aliphatic carbocycles. The van der Waals surface area contributed by atoms with Crippen LogP contribution < -0.4 is 5.11 Å². The minimum absolute atomic E-state index is 0.0784. The van der Waals surface area contributed by atoms with E-state index in [1.807, 2.05) is 60.7 Å². The van der Waals surface area contributed by atoms with Gasteiger partial charge in [0.1, 0.15) is 5.75 Å². The van der Waals surface area contributed by atoms with Crippen molar-refractivity contribution in [2.24, 2.45) is 0 Å². The highest BCUT2D eigenvalue weighted by Gasteiger charge is 2.12. The van der Waals surface area contributed by atoms with Crippen LogP contribution in [0.15, 0.2) is 72.8 Å². The quantitative estimate of drug-likeness (QED) is 0.562. The van der Waals surface area contributed by atoms with E-state index in [-0.39, 0.29) is 11.5 Å². The molecule has 0 aromatic heterocycles. The average molecular weight is 285 g/mol. The van der Waals surface area contributed by atoms with Crippen molar-refractivity contribution in [3.05, 3.63) is 72.8 Å². The molecule has 0 aliphatic rings. The average Bonchev–Trinajstić information content (AvgIpc) is 2.56. The third-order valence-corrected chi connectivity index (χ3v) is 4.05. The molecule has 22 heavy (non-hydrogen) atoms. The first-order valence-corrected chi connectivity index (χ1v) is 7.15. The van der Waals surface area contributed by atoms with Gasteiger partial charge in [0.2, 0.25) is 0 Å². The number of fused-ring (bicyclic) bond motifs is 2. The number of phenols is 1. The molecule has 0 bridgehead atoms. The van der Waals surface area contributed by atoms with Crippen molar-refractivity contribution in [1.29, 1.82) is 0 Å². The summed E-state index contributed by atoms with van der Waals surface area (Å²) in [4.78, 5) is 0. The Kier molecular flexibility index (Phi) is 2.76. The molecule has 0 saturated heterocycles. The lowest BCUT2D eigenvalue weighted by Gasteiger charge is -2.19. The highest BCUT2D eigenvalue weighted by atomic mass is 16.3. The van der Waals surface area contributed by atoms with E-state index in [0.29, 0.717) is 11.1 Å². The third-order valence-electron chi connectivity index (χ3n) is 4.05. The zero-order chi connectivity index (χ0) is 15.1. The fourth-order valence-corrected chi connectivity index (χ4v) is 3.03. The molecule has 2 nitrogen and oxygen atoms in total. The van der Waals surface area contributed by atoms with Crippen molar-refractivity contribution < 1.29 is 10.2 Å². The maximum atomic E-state index is 12.5. The number of aromatic hydroxyl groups is 1. The zero-order valence-electron chi connectivity index (χ0n) is 11.8. The Bertz CT molecular complexity index is 920. The van der Waals surface area contributed by atoms with Crippen molar-refractivity contribution in [2.75, 3.05) is 0 Å². The smallest absolute Gasteiger partial charge is 0.124 e. The topological polar surface area (TPSA) is 43.3 Å². The molecular formula is C20H13O2-. The fraction of sp³-hybridized carbons (Fsp3) is 0. The van der Waals surface area contributed by atoms with Crippen LogP contribution in [0.2, 0.25) is 0 Å². The van der Waals surface area contributed by atoms with Gasteiger partial charge in [-0.3, -0.25) is 0 Å². The molecule has 2 heteroatoms. The van der Waals surface area contributed by atoms with Crippen LogP contribution in [0.1, 0.15) is 0 Å². The number of phenolic OH excluding ortho intramolecular Hbond substituents is 1. The second-order valence-corrected chi connectivity index (χ2v) is 5.34. The molecule has 0 spiro atoms. The van der Waals surface area contributed by atoms with E-state index >= 15 is 0 Å². The lowest BCUT2D eigenvalue weighted by atomic mass is 9.92. The van der Waals surface area contributed by atoms with E-state index in [2.05, 4.69) is 0 Å². The molecule has 0 amide bonds. The Hall–Kier alpha value is -3.00. The van der Waals surface area contributed by atoms with Crippen LogP contribution in [0.25, 0.3) is 32.7 Å². The highest BCUT2D eigenvalue weighted by Crippen LogP contribution is 2.43. The maximum Gasteiger partial charge on any atom is 0.124 e. The lowest BCUT2D eigenvalue weighted by molar-refractivity contribution is -0.267. The molecule has 0 heterocycles. The Balaban J connectivity index is 2.21. The first kappa shape index (κ1) is 12.7. The van der Waals surface area contributed by atoms with Gasteiger partial charge in [-0.1, -0.05) is 66.7 Å². The van der Waals surface area contributed by atoms with Crippen LogP contribution in [0.4, 0.5) is 0 Å². The van der Waals surface area contributed by atoms with Crippen molar-refractivity contribution in [3.63, 3.8) is 0 Å². The Labute approximate surface area is 127 Å². The number of rotatable bonds is 1. The van der Waals surface area contributed by atoms with Crippen LogP contribution >= 0.6 is 0 Å². The van der Waals surface area contributed by atoms with Gasteiger partial charge in [0.25, 0.3) is 0 Å². The Morgan fingerprint density at radius 2 is 1.14 bits per heavy atom. The second-order valence-electron chi connectivity index (χ2n) is 5.34. The number of hydrogen-bond donors (Lipinski definition) is 1. The Morgan fingerprint density at radius 1 is 0.591 bits per heavy atom. The molecule has 4 aromatic rings. The predicted octanol–water partition coefficient (Wildman–Crippen LogP) is 4.44. The van der Waals surface area contributed by atoms with Crippen molar-refractivity contribution >= 4 is 21.5 Å². The summed E-state index contributed by atoms with van der Waals surface area (Å²) in [7, 11) is 0. The molecule has 0 unspecified atom stereocenters. The molecule has 1 N–H and O–H groups in total. The van der Waals surface area contributed by atoms with Gasteiger partial charge in [-0.15, -0.1) is 5.75 Å². The van der Waals surface area contributed by atoms with E-state index in [4.69, 9.17) is 0 Å². The molecule has 106 valence electrons.